The van der Waals surface area contributed by atoms with Gasteiger partial charge >= 0.3 is 20.1 Å². The Morgan fingerprint density at radius 1 is 0.432 bits per heavy atom. The minimum absolute atomic E-state index is 0. The van der Waals surface area contributed by atoms with Gasteiger partial charge in [0.25, 0.3) is 0 Å². The average Bonchev–Trinajstić information content (AvgIpc) is 3.50. The van der Waals surface area contributed by atoms with Gasteiger partial charge in [-0.25, -0.2) is 0 Å². The number of thiophene rings is 1. The fourth-order valence-corrected chi connectivity index (χ4v) is 5.75. The van der Waals surface area contributed by atoms with Crippen molar-refractivity contribution in [2.24, 2.45) is 0 Å². The van der Waals surface area contributed by atoms with Crippen molar-refractivity contribution in [2.75, 3.05) is 0 Å². The van der Waals surface area contributed by atoms with Crippen molar-refractivity contribution < 1.29 is 20.1 Å². The van der Waals surface area contributed by atoms with Gasteiger partial charge in [-0.1, -0.05) is 60.0 Å². The third-order valence-electron chi connectivity index (χ3n) is 6.56. The largest absolute Gasteiger partial charge is 3.00 e. The third kappa shape index (κ3) is 7.58. The second-order valence-corrected chi connectivity index (χ2v) is 10.4. The molecule has 3 nitrogen and oxygen atoms in total. The molecule has 0 aliphatic carbocycles. The van der Waals surface area contributed by atoms with Crippen LogP contribution < -0.4 is 0 Å². The van der Waals surface area contributed by atoms with Crippen LogP contribution in [0.2, 0.25) is 0 Å². The van der Waals surface area contributed by atoms with Crippen molar-refractivity contribution in [3.05, 3.63) is 176 Å². The molecule has 0 saturated heterocycles. The van der Waals surface area contributed by atoms with Gasteiger partial charge in [-0.2, -0.15) is 11.3 Å². The molecule has 0 bridgehead atoms. The predicted molar refractivity (Wildman–Crippen MR) is 178 cm³/mol. The van der Waals surface area contributed by atoms with E-state index in [2.05, 4.69) is 63.5 Å². The number of fused-ring (bicyclic) bond motifs is 3. The van der Waals surface area contributed by atoms with E-state index < -0.39 is 0 Å². The van der Waals surface area contributed by atoms with E-state index in [9.17, 15) is 0 Å². The molecule has 4 aromatic carbocycles. The van der Waals surface area contributed by atoms with Gasteiger partial charge in [0.1, 0.15) is 0 Å². The first-order valence-electron chi connectivity index (χ1n) is 13.9. The molecule has 0 aliphatic rings. The fourth-order valence-electron chi connectivity index (χ4n) is 4.54. The van der Waals surface area contributed by atoms with E-state index in [0.717, 1.165) is 33.8 Å². The molecule has 8 aromatic rings. The Labute approximate surface area is 275 Å². The number of nitrogens with zero attached hydrogens (tertiary/aromatic N) is 3. The average molecular weight is 761 g/mol. The number of hydrogen-bond acceptors (Lipinski definition) is 4. The van der Waals surface area contributed by atoms with Crippen LogP contribution in [-0.4, -0.2) is 15.0 Å². The van der Waals surface area contributed by atoms with E-state index >= 15 is 0 Å². The molecule has 0 amide bonds. The molecule has 4 aromatic heterocycles. The first kappa shape index (κ1) is 30.7. The summed E-state index contributed by atoms with van der Waals surface area (Å²) in [6.45, 7) is 0. The molecule has 0 aliphatic heterocycles. The molecular weight excluding hydrogens is 735 g/mol. The molecule has 4 heterocycles. The van der Waals surface area contributed by atoms with Crippen molar-refractivity contribution in [1.29, 1.82) is 0 Å². The molecule has 0 saturated carbocycles. The number of aromatic nitrogens is 3. The Kier molecular flexibility index (Phi) is 10.9. The Bertz CT molecular complexity index is 1850. The van der Waals surface area contributed by atoms with E-state index in [1.54, 1.807) is 12.4 Å². The van der Waals surface area contributed by atoms with Gasteiger partial charge in [0.2, 0.25) is 0 Å². The zero-order chi connectivity index (χ0) is 29.1. The second kappa shape index (κ2) is 15.6. The molecule has 0 spiro atoms. The first-order chi connectivity index (χ1) is 21.4. The van der Waals surface area contributed by atoms with Crippen LogP contribution in [0, 0.1) is 18.2 Å². The van der Waals surface area contributed by atoms with Gasteiger partial charge in [0.15, 0.2) is 0 Å². The molecule has 212 valence electrons. The van der Waals surface area contributed by atoms with Crippen molar-refractivity contribution in [3.8, 4) is 33.8 Å². The van der Waals surface area contributed by atoms with E-state index in [4.69, 9.17) is 0 Å². The SMILES string of the molecule is [Ir+3].[c-]1ccc2c(sc3ccccc32)c1-c1ccccn1.[c-]1ccccc1-c1ccccn1.[c-]1ccccc1-c1ccccn1. The summed E-state index contributed by atoms with van der Waals surface area (Å²) in [6.07, 6.45) is 5.40. The maximum absolute atomic E-state index is 4.44. The summed E-state index contributed by atoms with van der Waals surface area (Å²) < 4.78 is 2.58. The first-order valence-corrected chi connectivity index (χ1v) is 14.7. The van der Waals surface area contributed by atoms with Crippen LogP contribution >= 0.6 is 11.3 Å². The summed E-state index contributed by atoms with van der Waals surface area (Å²) in [5, 5.41) is 2.61. The van der Waals surface area contributed by atoms with E-state index in [-0.39, 0.29) is 20.1 Å². The van der Waals surface area contributed by atoms with Gasteiger partial charge in [-0.3, -0.25) is 0 Å². The summed E-state index contributed by atoms with van der Waals surface area (Å²) in [7, 11) is 0. The van der Waals surface area contributed by atoms with Crippen molar-refractivity contribution in [2.45, 2.75) is 0 Å². The normalized spacial score (nSPS) is 10.1. The minimum Gasteiger partial charge on any atom is -0.305 e. The molecule has 44 heavy (non-hydrogen) atoms. The number of pyridine rings is 3. The van der Waals surface area contributed by atoms with Crippen LogP contribution in [0.1, 0.15) is 0 Å². The molecule has 0 N–H and O–H groups in total. The van der Waals surface area contributed by atoms with Crippen LogP contribution in [0.25, 0.3) is 53.9 Å². The molecule has 8 rings (SSSR count). The van der Waals surface area contributed by atoms with Gasteiger partial charge in [0, 0.05) is 23.3 Å². The van der Waals surface area contributed by atoms with Gasteiger partial charge in [-0.15, -0.1) is 95.6 Å². The maximum atomic E-state index is 4.44. The molecular formula is C39H26IrN3S. The van der Waals surface area contributed by atoms with Crippen LogP contribution in [0.4, 0.5) is 0 Å². The van der Waals surface area contributed by atoms with Crippen LogP contribution in [0.5, 0.6) is 0 Å². The monoisotopic (exact) mass is 761 g/mol. The van der Waals surface area contributed by atoms with Crippen LogP contribution in [-0.2, 0) is 20.1 Å². The Balaban J connectivity index is 0.000000135. The van der Waals surface area contributed by atoms with Gasteiger partial charge in [0.05, 0.1) is 0 Å². The van der Waals surface area contributed by atoms with Gasteiger partial charge in [-0.05, 0) is 51.4 Å². The Morgan fingerprint density at radius 3 is 1.48 bits per heavy atom. The smallest absolute Gasteiger partial charge is 0.305 e. The van der Waals surface area contributed by atoms with E-state index in [1.165, 1.54) is 20.2 Å². The summed E-state index contributed by atoms with van der Waals surface area (Å²) in [5.41, 5.74) is 6.10. The molecule has 5 heteroatoms. The molecule has 0 fully saturated rings. The Hall–Kier alpha value is -4.80. The summed E-state index contributed by atoms with van der Waals surface area (Å²) >= 11 is 1.81. The standard InChI is InChI=1S/C17H10NS.2C11H8N.Ir/c1-2-10-16-12(6-1)13-7-5-8-14(17(13)19-16)15-9-3-4-11-18-15;2*1-2-6-10(7-3-1)11-8-4-5-9-12-11;/h1-7,9-11H;2*1-6,8-9H;/q3*-1;+3. The fraction of sp³-hybridized carbons (Fsp3) is 0. The zero-order valence-corrected chi connectivity index (χ0v) is 26.8. The van der Waals surface area contributed by atoms with Crippen molar-refractivity contribution in [3.63, 3.8) is 0 Å². The second-order valence-electron chi connectivity index (χ2n) is 9.39. The van der Waals surface area contributed by atoms with Crippen molar-refractivity contribution in [1.82, 2.24) is 15.0 Å². The number of rotatable bonds is 3. The van der Waals surface area contributed by atoms with E-state index in [1.807, 2.05) is 127 Å². The maximum Gasteiger partial charge on any atom is 3.00 e. The topological polar surface area (TPSA) is 38.7 Å². The summed E-state index contributed by atoms with van der Waals surface area (Å²) in [5.74, 6) is 0. The zero-order valence-electron chi connectivity index (χ0n) is 23.6. The van der Waals surface area contributed by atoms with E-state index in [0.29, 0.717) is 0 Å². The molecule has 0 unspecified atom stereocenters. The van der Waals surface area contributed by atoms with Crippen LogP contribution in [0.3, 0.4) is 0 Å². The third-order valence-corrected chi connectivity index (χ3v) is 7.76. The molecule has 0 radical (unpaired) electrons. The summed E-state index contributed by atoms with van der Waals surface area (Å²) in [6, 6.07) is 55.6. The number of benzene rings is 4. The summed E-state index contributed by atoms with van der Waals surface area (Å²) in [4.78, 5) is 12.9. The quantitative estimate of drug-likeness (QED) is 0.168. The number of hydrogen-bond donors (Lipinski definition) is 0. The molecule has 0 atom stereocenters. The predicted octanol–water partition coefficient (Wildman–Crippen LogP) is 10.0. The van der Waals surface area contributed by atoms with Gasteiger partial charge < -0.3 is 15.0 Å². The van der Waals surface area contributed by atoms with Crippen LogP contribution in [0.15, 0.2) is 158 Å². The minimum atomic E-state index is 0. The van der Waals surface area contributed by atoms with Crippen molar-refractivity contribution >= 4 is 31.5 Å². The Morgan fingerprint density at radius 2 is 0.955 bits per heavy atom.